The van der Waals surface area contributed by atoms with Crippen molar-refractivity contribution in [3.05, 3.63) is 0 Å². The zero-order valence-corrected chi connectivity index (χ0v) is 9.34. The normalized spacial score (nSPS) is 49.9. The molecular formula is C13H23N. The van der Waals surface area contributed by atoms with E-state index in [2.05, 4.69) is 12.2 Å². The number of rotatable bonds is 3. The van der Waals surface area contributed by atoms with Crippen LogP contribution in [0.3, 0.4) is 0 Å². The van der Waals surface area contributed by atoms with Gasteiger partial charge in [-0.2, -0.15) is 0 Å². The summed E-state index contributed by atoms with van der Waals surface area (Å²) in [5.41, 5.74) is 0. The summed E-state index contributed by atoms with van der Waals surface area (Å²) in [5, 5.41) is 3.78. The fraction of sp³-hybridized carbons (Fsp3) is 1.00. The van der Waals surface area contributed by atoms with Crippen LogP contribution >= 0.6 is 0 Å². The monoisotopic (exact) mass is 193 g/mol. The van der Waals surface area contributed by atoms with E-state index in [9.17, 15) is 0 Å². The Hall–Kier alpha value is -0.0400. The Morgan fingerprint density at radius 3 is 2.79 bits per heavy atom. The topological polar surface area (TPSA) is 12.0 Å². The van der Waals surface area contributed by atoms with Gasteiger partial charge in [-0.05, 0) is 62.3 Å². The second kappa shape index (κ2) is 3.52. The first kappa shape index (κ1) is 9.21. The summed E-state index contributed by atoms with van der Waals surface area (Å²) in [6, 6.07) is 0.902. The van der Waals surface area contributed by atoms with Crippen molar-refractivity contribution in [2.24, 2.45) is 23.7 Å². The van der Waals surface area contributed by atoms with Crippen molar-refractivity contribution in [1.82, 2.24) is 5.32 Å². The molecule has 0 unspecified atom stereocenters. The van der Waals surface area contributed by atoms with Gasteiger partial charge in [0.1, 0.15) is 0 Å². The Kier molecular flexibility index (Phi) is 2.31. The Morgan fingerprint density at radius 1 is 1.07 bits per heavy atom. The SMILES string of the molecule is CCCN[C@@H]1C[C@@H]2C[C@@H]1[C@H]1CCC[C@H]21. The molecular weight excluding hydrogens is 170 g/mol. The lowest BCUT2D eigenvalue weighted by Gasteiger charge is -2.32. The molecule has 0 spiro atoms. The third-order valence-corrected chi connectivity index (χ3v) is 5.09. The highest BCUT2D eigenvalue weighted by molar-refractivity contribution is 5.05. The van der Waals surface area contributed by atoms with Crippen LogP contribution < -0.4 is 5.32 Å². The van der Waals surface area contributed by atoms with Crippen molar-refractivity contribution in [3.63, 3.8) is 0 Å². The van der Waals surface area contributed by atoms with Gasteiger partial charge < -0.3 is 5.32 Å². The highest BCUT2D eigenvalue weighted by atomic mass is 14.9. The Morgan fingerprint density at radius 2 is 1.93 bits per heavy atom. The standard InChI is InChI=1S/C13H23N/c1-2-6-14-13-8-9-7-12(13)11-5-3-4-10(9)11/h9-14H,2-8H2,1H3/t9-,10+,11-,12+,13+/m0/s1. The summed E-state index contributed by atoms with van der Waals surface area (Å²) in [6.07, 6.45) is 9.01. The maximum absolute atomic E-state index is 3.78. The molecule has 3 saturated carbocycles. The average molecular weight is 193 g/mol. The van der Waals surface area contributed by atoms with Crippen LogP contribution in [0.4, 0.5) is 0 Å². The number of hydrogen-bond donors (Lipinski definition) is 1. The molecule has 1 heteroatoms. The molecule has 80 valence electrons. The van der Waals surface area contributed by atoms with Crippen molar-refractivity contribution in [2.45, 2.75) is 51.5 Å². The van der Waals surface area contributed by atoms with E-state index in [-0.39, 0.29) is 0 Å². The second-order valence-electron chi connectivity index (χ2n) is 5.71. The molecule has 3 rings (SSSR count). The number of hydrogen-bond acceptors (Lipinski definition) is 1. The molecule has 2 bridgehead atoms. The van der Waals surface area contributed by atoms with Crippen LogP contribution in [-0.4, -0.2) is 12.6 Å². The van der Waals surface area contributed by atoms with Gasteiger partial charge in [0.25, 0.3) is 0 Å². The Balaban J connectivity index is 1.65. The van der Waals surface area contributed by atoms with E-state index in [1.54, 1.807) is 19.3 Å². The first-order valence-corrected chi connectivity index (χ1v) is 6.63. The maximum atomic E-state index is 3.78. The summed E-state index contributed by atoms with van der Waals surface area (Å²) in [5.74, 6) is 4.46. The van der Waals surface area contributed by atoms with Gasteiger partial charge in [-0.15, -0.1) is 0 Å². The zero-order valence-electron chi connectivity index (χ0n) is 9.34. The van der Waals surface area contributed by atoms with Crippen LogP contribution in [0.5, 0.6) is 0 Å². The van der Waals surface area contributed by atoms with E-state index >= 15 is 0 Å². The zero-order chi connectivity index (χ0) is 9.54. The van der Waals surface area contributed by atoms with Crippen molar-refractivity contribution < 1.29 is 0 Å². The molecule has 0 aromatic carbocycles. The molecule has 0 amide bonds. The van der Waals surface area contributed by atoms with Crippen LogP contribution in [0, 0.1) is 23.7 Å². The predicted molar refractivity (Wildman–Crippen MR) is 59.1 cm³/mol. The van der Waals surface area contributed by atoms with Gasteiger partial charge in [-0.25, -0.2) is 0 Å². The van der Waals surface area contributed by atoms with Crippen molar-refractivity contribution in [3.8, 4) is 0 Å². The number of nitrogens with one attached hydrogen (secondary N) is 1. The van der Waals surface area contributed by atoms with Gasteiger partial charge in [0.2, 0.25) is 0 Å². The highest BCUT2D eigenvalue weighted by Gasteiger charge is 2.53. The molecule has 3 aliphatic carbocycles. The molecule has 0 radical (unpaired) electrons. The lowest BCUT2D eigenvalue weighted by molar-refractivity contribution is 0.209. The molecule has 0 heterocycles. The maximum Gasteiger partial charge on any atom is 0.0101 e. The molecule has 14 heavy (non-hydrogen) atoms. The third kappa shape index (κ3) is 1.25. The molecule has 0 aliphatic heterocycles. The van der Waals surface area contributed by atoms with Crippen LogP contribution in [0.15, 0.2) is 0 Å². The van der Waals surface area contributed by atoms with E-state index in [0.29, 0.717) is 0 Å². The number of fused-ring (bicyclic) bond motifs is 5. The van der Waals surface area contributed by atoms with Crippen LogP contribution in [0.1, 0.15) is 45.4 Å². The molecule has 0 aromatic rings. The van der Waals surface area contributed by atoms with Crippen LogP contribution in [0.2, 0.25) is 0 Å². The minimum absolute atomic E-state index is 0.902. The molecule has 1 N–H and O–H groups in total. The van der Waals surface area contributed by atoms with E-state index in [4.69, 9.17) is 0 Å². The van der Waals surface area contributed by atoms with Crippen LogP contribution in [-0.2, 0) is 0 Å². The highest BCUT2D eigenvalue weighted by Crippen LogP contribution is 2.58. The van der Waals surface area contributed by atoms with E-state index in [1.165, 1.54) is 25.8 Å². The largest absolute Gasteiger partial charge is 0.314 e. The fourth-order valence-corrected chi connectivity index (χ4v) is 4.63. The summed E-state index contributed by atoms with van der Waals surface area (Å²) >= 11 is 0. The Labute approximate surface area is 87.7 Å². The van der Waals surface area contributed by atoms with Gasteiger partial charge in [0.15, 0.2) is 0 Å². The molecule has 1 nitrogen and oxygen atoms in total. The molecule has 3 aliphatic rings. The van der Waals surface area contributed by atoms with Gasteiger partial charge in [0.05, 0.1) is 0 Å². The van der Waals surface area contributed by atoms with Crippen molar-refractivity contribution >= 4 is 0 Å². The first-order chi connectivity index (χ1) is 6.90. The molecule has 0 aromatic heterocycles. The van der Waals surface area contributed by atoms with Crippen molar-refractivity contribution in [2.75, 3.05) is 6.54 Å². The third-order valence-electron chi connectivity index (χ3n) is 5.09. The summed E-state index contributed by atoms with van der Waals surface area (Å²) in [6.45, 7) is 3.52. The molecule has 0 saturated heterocycles. The smallest absolute Gasteiger partial charge is 0.0101 e. The van der Waals surface area contributed by atoms with E-state index in [0.717, 1.165) is 29.7 Å². The summed E-state index contributed by atoms with van der Waals surface area (Å²) < 4.78 is 0. The quantitative estimate of drug-likeness (QED) is 0.727. The lowest BCUT2D eigenvalue weighted by Crippen LogP contribution is -2.39. The van der Waals surface area contributed by atoms with Crippen LogP contribution in [0.25, 0.3) is 0 Å². The lowest BCUT2D eigenvalue weighted by atomic mass is 9.79. The van der Waals surface area contributed by atoms with Gasteiger partial charge in [0, 0.05) is 6.04 Å². The van der Waals surface area contributed by atoms with Crippen molar-refractivity contribution in [1.29, 1.82) is 0 Å². The predicted octanol–water partition coefficient (Wildman–Crippen LogP) is 2.81. The Bertz CT molecular complexity index is 213. The fourth-order valence-electron chi connectivity index (χ4n) is 4.63. The second-order valence-corrected chi connectivity index (χ2v) is 5.71. The summed E-state index contributed by atoms with van der Waals surface area (Å²) in [7, 11) is 0. The molecule has 5 atom stereocenters. The van der Waals surface area contributed by atoms with Gasteiger partial charge in [-0.3, -0.25) is 0 Å². The van der Waals surface area contributed by atoms with Gasteiger partial charge >= 0.3 is 0 Å². The first-order valence-electron chi connectivity index (χ1n) is 6.63. The molecule has 3 fully saturated rings. The minimum Gasteiger partial charge on any atom is -0.314 e. The van der Waals surface area contributed by atoms with Gasteiger partial charge in [-0.1, -0.05) is 13.3 Å². The minimum atomic E-state index is 0.902. The van der Waals surface area contributed by atoms with E-state index < -0.39 is 0 Å². The average Bonchev–Trinajstić information content (AvgIpc) is 2.85. The summed E-state index contributed by atoms with van der Waals surface area (Å²) in [4.78, 5) is 0. The van der Waals surface area contributed by atoms with E-state index in [1.807, 2.05) is 0 Å².